The molecule has 2 aromatic rings. The average molecular weight is 538 g/mol. The third kappa shape index (κ3) is 5.65. The topological polar surface area (TPSA) is 79.5 Å². The van der Waals surface area contributed by atoms with Crippen LogP contribution in [0.1, 0.15) is 75.8 Å². The number of allylic oxidation sites excluding steroid dienone is 1. The summed E-state index contributed by atoms with van der Waals surface area (Å²) in [7, 11) is 0. The standard InChI is InChI=1S/C26H33F2N3O3S2/c1-6-26(27,28)21-17(15-9-10-29-13-19(15)35-21)12-30-24(33)31-22-20(23(32)34-25(3,4)5)16-11-14(2)7-8-18(16)36-22/h6,14,29H,1,7-13H2,2-5H3,(H2,30,31,33). The van der Waals surface area contributed by atoms with Crippen molar-refractivity contribution in [3.63, 3.8) is 0 Å². The average Bonchev–Trinajstić information content (AvgIpc) is 3.34. The van der Waals surface area contributed by atoms with Crippen molar-refractivity contribution in [1.29, 1.82) is 0 Å². The molecule has 2 aliphatic rings. The number of thiophene rings is 2. The Labute approximate surface area is 218 Å². The number of hydrogen-bond acceptors (Lipinski definition) is 6. The minimum absolute atomic E-state index is 0.0413. The monoisotopic (exact) mass is 537 g/mol. The fourth-order valence-corrected chi connectivity index (χ4v) is 7.19. The molecular weight excluding hydrogens is 504 g/mol. The van der Waals surface area contributed by atoms with Gasteiger partial charge >= 0.3 is 17.9 Å². The van der Waals surface area contributed by atoms with Crippen LogP contribution in [0.4, 0.5) is 18.6 Å². The molecule has 1 atom stereocenters. The maximum atomic E-state index is 14.6. The summed E-state index contributed by atoms with van der Waals surface area (Å²) in [6, 6.07) is -0.548. The molecule has 196 valence electrons. The molecule has 0 spiro atoms. The molecule has 0 aromatic carbocycles. The van der Waals surface area contributed by atoms with Gasteiger partial charge in [-0.05, 0) is 81.7 Å². The molecule has 0 saturated carbocycles. The number of amides is 2. The molecule has 0 radical (unpaired) electrons. The van der Waals surface area contributed by atoms with Crippen molar-refractivity contribution in [3.05, 3.63) is 49.5 Å². The zero-order valence-electron chi connectivity index (χ0n) is 21.1. The number of hydrogen-bond donors (Lipinski definition) is 3. The molecule has 3 N–H and O–H groups in total. The number of rotatable bonds is 6. The zero-order valence-corrected chi connectivity index (χ0v) is 22.7. The third-order valence-electron chi connectivity index (χ3n) is 6.36. The number of alkyl halides is 2. The molecule has 6 nitrogen and oxygen atoms in total. The van der Waals surface area contributed by atoms with E-state index in [9.17, 15) is 18.4 Å². The highest BCUT2D eigenvalue weighted by Crippen LogP contribution is 2.42. The number of urea groups is 1. The van der Waals surface area contributed by atoms with Gasteiger partial charge in [0.05, 0.1) is 10.4 Å². The highest BCUT2D eigenvalue weighted by molar-refractivity contribution is 7.17. The van der Waals surface area contributed by atoms with Crippen molar-refractivity contribution in [2.45, 2.75) is 78.0 Å². The van der Waals surface area contributed by atoms with Crippen LogP contribution in [0.2, 0.25) is 0 Å². The number of nitrogens with one attached hydrogen (secondary N) is 3. The first-order chi connectivity index (χ1) is 16.9. The maximum absolute atomic E-state index is 14.6. The van der Waals surface area contributed by atoms with Gasteiger partial charge in [0.25, 0.3) is 0 Å². The van der Waals surface area contributed by atoms with Gasteiger partial charge < -0.3 is 15.4 Å². The normalized spacial score (nSPS) is 17.7. The molecule has 2 amide bonds. The van der Waals surface area contributed by atoms with Gasteiger partial charge in [-0.1, -0.05) is 13.5 Å². The Morgan fingerprint density at radius 2 is 1.94 bits per heavy atom. The van der Waals surface area contributed by atoms with Crippen LogP contribution in [0.25, 0.3) is 0 Å². The number of esters is 1. The molecule has 10 heteroatoms. The highest BCUT2D eigenvalue weighted by atomic mass is 32.1. The predicted molar refractivity (Wildman–Crippen MR) is 140 cm³/mol. The van der Waals surface area contributed by atoms with Gasteiger partial charge in [0.15, 0.2) is 0 Å². The molecule has 36 heavy (non-hydrogen) atoms. The van der Waals surface area contributed by atoms with Crippen LogP contribution in [0.5, 0.6) is 0 Å². The Hall–Kier alpha value is -2.30. The number of halogens is 2. The van der Waals surface area contributed by atoms with E-state index in [0.717, 1.165) is 51.5 Å². The smallest absolute Gasteiger partial charge is 0.341 e. The zero-order chi connectivity index (χ0) is 26.3. The lowest BCUT2D eigenvalue weighted by Crippen LogP contribution is -2.31. The second kappa shape index (κ2) is 10.2. The van der Waals surface area contributed by atoms with E-state index in [-0.39, 0.29) is 11.4 Å². The summed E-state index contributed by atoms with van der Waals surface area (Å²) in [6.07, 6.45) is 3.88. The van der Waals surface area contributed by atoms with Crippen molar-refractivity contribution in [2.75, 3.05) is 11.9 Å². The number of carbonyl (C=O) groups is 2. The van der Waals surface area contributed by atoms with Crippen molar-refractivity contribution in [3.8, 4) is 0 Å². The van der Waals surface area contributed by atoms with E-state index < -0.39 is 23.5 Å². The predicted octanol–water partition coefficient (Wildman–Crippen LogP) is 6.13. The second-order valence-electron chi connectivity index (χ2n) is 10.4. The largest absolute Gasteiger partial charge is 0.456 e. The van der Waals surface area contributed by atoms with Gasteiger partial charge in [-0.15, -0.1) is 22.7 Å². The van der Waals surface area contributed by atoms with Crippen molar-refractivity contribution >= 4 is 39.7 Å². The summed E-state index contributed by atoms with van der Waals surface area (Å²) >= 11 is 2.46. The number of carbonyl (C=O) groups excluding carboxylic acids is 2. The number of fused-ring (bicyclic) bond motifs is 2. The summed E-state index contributed by atoms with van der Waals surface area (Å²) in [5.41, 5.74) is 1.99. The molecule has 0 bridgehead atoms. The Bertz CT molecular complexity index is 1180. The molecule has 1 aliphatic carbocycles. The van der Waals surface area contributed by atoms with Crippen LogP contribution < -0.4 is 16.0 Å². The van der Waals surface area contributed by atoms with E-state index in [0.29, 0.717) is 47.6 Å². The van der Waals surface area contributed by atoms with Gasteiger partial charge in [-0.3, -0.25) is 5.32 Å². The lowest BCUT2D eigenvalue weighted by molar-refractivity contribution is 0.00695. The van der Waals surface area contributed by atoms with E-state index in [1.165, 1.54) is 11.3 Å². The molecule has 0 saturated heterocycles. The SMILES string of the molecule is C=CC(F)(F)c1sc2c(c1CNC(=O)Nc1sc3c(c1C(=O)OC(C)(C)C)CC(C)CC3)CCNC2. The molecule has 0 fully saturated rings. The minimum atomic E-state index is -3.18. The van der Waals surface area contributed by atoms with E-state index in [1.807, 2.05) is 0 Å². The Morgan fingerprint density at radius 1 is 1.19 bits per heavy atom. The second-order valence-corrected chi connectivity index (χ2v) is 12.6. The van der Waals surface area contributed by atoms with Gasteiger partial charge in [0.2, 0.25) is 0 Å². The molecule has 1 aliphatic heterocycles. The van der Waals surface area contributed by atoms with Gasteiger partial charge in [-0.2, -0.15) is 8.78 Å². The van der Waals surface area contributed by atoms with E-state index >= 15 is 0 Å². The first kappa shape index (κ1) is 26.8. The van der Waals surface area contributed by atoms with E-state index in [2.05, 4.69) is 29.5 Å². The van der Waals surface area contributed by atoms with Crippen molar-refractivity contribution in [2.24, 2.45) is 5.92 Å². The van der Waals surface area contributed by atoms with Crippen LogP contribution in [0.3, 0.4) is 0 Å². The third-order valence-corrected chi connectivity index (χ3v) is 8.93. The van der Waals surface area contributed by atoms with Gasteiger partial charge in [0, 0.05) is 22.8 Å². The first-order valence-corrected chi connectivity index (χ1v) is 13.8. The number of ether oxygens (including phenoxy) is 1. The van der Waals surface area contributed by atoms with Crippen LogP contribution in [0, 0.1) is 5.92 Å². The first-order valence-electron chi connectivity index (χ1n) is 12.2. The Balaban J connectivity index is 1.57. The lowest BCUT2D eigenvalue weighted by atomic mass is 9.88. The van der Waals surface area contributed by atoms with Crippen molar-refractivity contribution < 1.29 is 23.1 Å². The Kier molecular flexibility index (Phi) is 7.60. The maximum Gasteiger partial charge on any atom is 0.341 e. The summed E-state index contributed by atoms with van der Waals surface area (Å²) in [6.45, 7) is 12.0. The quantitative estimate of drug-likeness (QED) is 0.306. The van der Waals surface area contributed by atoms with E-state index in [1.54, 1.807) is 20.8 Å². The van der Waals surface area contributed by atoms with E-state index in [4.69, 9.17) is 4.74 Å². The highest BCUT2D eigenvalue weighted by Gasteiger charge is 2.36. The van der Waals surface area contributed by atoms with Gasteiger partial charge in [-0.25, -0.2) is 9.59 Å². The van der Waals surface area contributed by atoms with Crippen LogP contribution >= 0.6 is 22.7 Å². The van der Waals surface area contributed by atoms with Crippen LogP contribution in [-0.2, 0) is 43.0 Å². The Morgan fingerprint density at radius 3 is 2.64 bits per heavy atom. The lowest BCUT2D eigenvalue weighted by Gasteiger charge is -2.22. The number of aryl methyl sites for hydroxylation is 1. The fourth-order valence-electron chi connectivity index (χ4n) is 4.66. The van der Waals surface area contributed by atoms with Gasteiger partial charge in [0.1, 0.15) is 10.6 Å². The number of anilines is 1. The summed E-state index contributed by atoms with van der Waals surface area (Å²) < 4.78 is 34.9. The molecular formula is C26H33F2N3O3S2. The summed E-state index contributed by atoms with van der Waals surface area (Å²) in [5, 5.41) is 9.21. The van der Waals surface area contributed by atoms with Crippen molar-refractivity contribution in [1.82, 2.24) is 10.6 Å². The molecule has 3 heterocycles. The molecule has 4 rings (SSSR count). The molecule has 1 unspecified atom stereocenters. The summed E-state index contributed by atoms with van der Waals surface area (Å²) in [5.74, 6) is -3.21. The summed E-state index contributed by atoms with van der Waals surface area (Å²) in [4.78, 5) is 27.9. The minimum Gasteiger partial charge on any atom is -0.456 e. The molecule has 2 aromatic heterocycles. The van der Waals surface area contributed by atoms with Crippen LogP contribution in [-0.4, -0.2) is 24.1 Å². The van der Waals surface area contributed by atoms with Crippen LogP contribution in [0.15, 0.2) is 12.7 Å². The fraction of sp³-hybridized carbons (Fsp3) is 0.538.